The number of benzene rings is 1. The molecule has 1 saturated heterocycles. The van der Waals surface area contributed by atoms with Crippen molar-refractivity contribution in [1.29, 1.82) is 0 Å². The fourth-order valence-corrected chi connectivity index (χ4v) is 3.25. The monoisotopic (exact) mass is 387 g/mol. The zero-order valence-electron chi connectivity index (χ0n) is 15.9. The van der Waals surface area contributed by atoms with E-state index in [9.17, 15) is 0 Å². The molecule has 0 radical (unpaired) electrons. The van der Waals surface area contributed by atoms with Crippen LogP contribution in [0.25, 0.3) is 0 Å². The number of morpholine rings is 1. The Labute approximate surface area is 165 Å². The summed E-state index contributed by atoms with van der Waals surface area (Å²) in [6, 6.07) is 12.0. The van der Waals surface area contributed by atoms with Crippen molar-refractivity contribution in [2.24, 2.45) is 4.99 Å². The lowest BCUT2D eigenvalue weighted by Gasteiger charge is -2.28. The average molecular weight is 388 g/mol. The van der Waals surface area contributed by atoms with Crippen molar-refractivity contribution in [3.05, 3.63) is 58.7 Å². The van der Waals surface area contributed by atoms with E-state index in [1.54, 1.807) is 7.05 Å². The third kappa shape index (κ3) is 5.34. The Balaban J connectivity index is 1.60. The SMILES string of the molecule is CN=C(NCc1ccnc(N2CCOCC2)c1)N(C)Cc1ccccc1Cl. The molecule has 1 aliphatic rings. The molecule has 1 N–H and O–H groups in total. The molecule has 6 nitrogen and oxygen atoms in total. The number of aliphatic imine (C=N–C) groups is 1. The number of ether oxygens (including phenoxy) is 1. The van der Waals surface area contributed by atoms with Crippen molar-refractivity contribution in [3.8, 4) is 0 Å². The molecule has 1 aromatic heterocycles. The molecular weight excluding hydrogens is 362 g/mol. The first-order chi connectivity index (χ1) is 13.2. The molecule has 27 heavy (non-hydrogen) atoms. The van der Waals surface area contributed by atoms with Crippen molar-refractivity contribution in [3.63, 3.8) is 0 Å². The molecule has 1 aromatic carbocycles. The van der Waals surface area contributed by atoms with E-state index in [2.05, 4.69) is 31.2 Å². The summed E-state index contributed by atoms with van der Waals surface area (Å²) < 4.78 is 5.42. The van der Waals surface area contributed by atoms with Gasteiger partial charge in [0.05, 0.1) is 13.2 Å². The van der Waals surface area contributed by atoms with E-state index in [4.69, 9.17) is 16.3 Å². The van der Waals surface area contributed by atoms with Crippen molar-refractivity contribution < 1.29 is 4.74 Å². The Morgan fingerprint density at radius 2 is 2.07 bits per heavy atom. The molecule has 2 heterocycles. The summed E-state index contributed by atoms with van der Waals surface area (Å²) in [4.78, 5) is 13.2. The Hall–Kier alpha value is -2.31. The Morgan fingerprint density at radius 1 is 1.30 bits per heavy atom. The van der Waals surface area contributed by atoms with Crippen LogP contribution in [0.5, 0.6) is 0 Å². The highest BCUT2D eigenvalue weighted by molar-refractivity contribution is 6.31. The van der Waals surface area contributed by atoms with Gasteiger partial charge in [-0.2, -0.15) is 0 Å². The summed E-state index contributed by atoms with van der Waals surface area (Å²) in [6.45, 7) is 4.64. The number of halogens is 1. The molecular formula is C20H26ClN5O. The molecule has 2 aromatic rings. The fraction of sp³-hybridized carbons (Fsp3) is 0.400. The lowest BCUT2D eigenvalue weighted by molar-refractivity contribution is 0.122. The zero-order valence-corrected chi connectivity index (χ0v) is 16.6. The number of pyridine rings is 1. The van der Waals surface area contributed by atoms with Crippen LogP contribution < -0.4 is 10.2 Å². The van der Waals surface area contributed by atoms with E-state index in [1.807, 2.05) is 43.6 Å². The maximum Gasteiger partial charge on any atom is 0.193 e. The number of nitrogens with one attached hydrogen (secondary N) is 1. The highest BCUT2D eigenvalue weighted by atomic mass is 35.5. The predicted molar refractivity (Wildman–Crippen MR) is 110 cm³/mol. The average Bonchev–Trinajstić information content (AvgIpc) is 2.71. The van der Waals surface area contributed by atoms with Gasteiger partial charge in [-0.05, 0) is 29.3 Å². The number of nitrogens with zero attached hydrogens (tertiary/aromatic N) is 4. The van der Waals surface area contributed by atoms with Crippen molar-refractivity contribution in [1.82, 2.24) is 15.2 Å². The lowest BCUT2D eigenvalue weighted by Crippen LogP contribution is -2.38. The summed E-state index contributed by atoms with van der Waals surface area (Å²) in [5.41, 5.74) is 2.24. The van der Waals surface area contributed by atoms with Crippen LogP contribution in [0.4, 0.5) is 5.82 Å². The van der Waals surface area contributed by atoms with E-state index in [0.717, 1.165) is 48.7 Å². The zero-order chi connectivity index (χ0) is 19.1. The highest BCUT2D eigenvalue weighted by Crippen LogP contribution is 2.17. The largest absolute Gasteiger partial charge is 0.378 e. The van der Waals surface area contributed by atoms with Gasteiger partial charge < -0.3 is 19.9 Å². The first kappa shape index (κ1) is 19.5. The van der Waals surface area contributed by atoms with Crippen molar-refractivity contribution in [2.75, 3.05) is 45.3 Å². The van der Waals surface area contributed by atoms with E-state index >= 15 is 0 Å². The van der Waals surface area contributed by atoms with Gasteiger partial charge >= 0.3 is 0 Å². The molecule has 144 valence electrons. The molecule has 0 spiro atoms. The second-order valence-electron chi connectivity index (χ2n) is 6.47. The van der Waals surface area contributed by atoms with Crippen LogP contribution in [-0.4, -0.2) is 56.2 Å². The topological polar surface area (TPSA) is 53.0 Å². The maximum atomic E-state index is 6.27. The molecule has 0 saturated carbocycles. The molecule has 0 bridgehead atoms. The van der Waals surface area contributed by atoms with Gasteiger partial charge in [0, 0.05) is 51.5 Å². The quantitative estimate of drug-likeness (QED) is 0.631. The van der Waals surface area contributed by atoms with Gasteiger partial charge in [-0.3, -0.25) is 4.99 Å². The minimum absolute atomic E-state index is 0.680. The summed E-state index contributed by atoms with van der Waals surface area (Å²) in [5, 5.41) is 4.18. The molecule has 0 atom stereocenters. The predicted octanol–water partition coefficient (Wildman–Crippen LogP) is 2.78. The molecule has 0 aliphatic carbocycles. The maximum absolute atomic E-state index is 6.27. The van der Waals surface area contributed by atoms with E-state index in [-0.39, 0.29) is 0 Å². The molecule has 7 heteroatoms. The Kier molecular flexibility index (Phi) is 6.90. The lowest BCUT2D eigenvalue weighted by atomic mass is 10.2. The Bertz CT molecular complexity index is 776. The number of hydrogen-bond donors (Lipinski definition) is 1. The summed E-state index contributed by atoms with van der Waals surface area (Å²) in [6.07, 6.45) is 1.86. The first-order valence-corrected chi connectivity index (χ1v) is 9.48. The summed E-state index contributed by atoms with van der Waals surface area (Å²) >= 11 is 6.27. The summed E-state index contributed by atoms with van der Waals surface area (Å²) in [5.74, 6) is 1.82. The van der Waals surface area contributed by atoms with Crippen LogP contribution in [0.3, 0.4) is 0 Å². The number of aromatic nitrogens is 1. The number of anilines is 1. The molecule has 0 amide bonds. The van der Waals surface area contributed by atoms with Crippen molar-refractivity contribution >= 4 is 23.4 Å². The number of hydrogen-bond acceptors (Lipinski definition) is 4. The third-order valence-electron chi connectivity index (χ3n) is 4.53. The van der Waals surface area contributed by atoms with Crippen LogP contribution in [0.2, 0.25) is 5.02 Å². The van der Waals surface area contributed by atoms with Gasteiger partial charge in [-0.1, -0.05) is 29.8 Å². The third-order valence-corrected chi connectivity index (χ3v) is 4.90. The number of guanidine groups is 1. The minimum Gasteiger partial charge on any atom is -0.378 e. The molecule has 0 unspecified atom stereocenters. The van der Waals surface area contributed by atoms with Gasteiger partial charge in [-0.15, -0.1) is 0 Å². The fourth-order valence-electron chi connectivity index (χ4n) is 3.06. The van der Waals surface area contributed by atoms with Crippen LogP contribution in [0.1, 0.15) is 11.1 Å². The second kappa shape index (κ2) is 9.58. The van der Waals surface area contributed by atoms with E-state index in [1.165, 1.54) is 5.56 Å². The standard InChI is InChI=1S/C20H26ClN5O/c1-22-20(25(2)15-17-5-3-4-6-18(17)21)24-14-16-7-8-23-19(13-16)26-9-11-27-12-10-26/h3-8,13H,9-12,14-15H2,1-2H3,(H,22,24). The Morgan fingerprint density at radius 3 is 2.81 bits per heavy atom. The highest BCUT2D eigenvalue weighted by Gasteiger charge is 2.13. The van der Waals surface area contributed by atoms with E-state index in [0.29, 0.717) is 13.1 Å². The van der Waals surface area contributed by atoms with Gasteiger partial charge in [0.2, 0.25) is 0 Å². The van der Waals surface area contributed by atoms with Gasteiger partial charge in [0.15, 0.2) is 5.96 Å². The van der Waals surface area contributed by atoms with Crippen LogP contribution in [-0.2, 0) is 17.8 Å². The van der Waals surface area contributed by atoms with E-state index < -0.39 is 0 Å². The normalized spacial score (nSPS) is 14.9. The second-order valence-corrected chi connectivity index (χ2v) is 6.88. The van der Waals surface area contributed by atoms with Crippen LogP contribution in [0.15, 0.2) is 47.6 Å². The van der Waals surface area contributed by atoms with Gasteiger partial charge in [-0.25, -0.2) is 4.98 Å². The molecule has 3 rings (SSSR count). The first-order valence-electron chi connectivity index (χ1n) is 9.10. The molecule has 1 aliphatic heterocycles. The number of rotatable bonds is 5. The van der Waals surface area contributed by atoms with Crippen LogP contribution >= 0.6 is 11.6 Å². The minimum atomic E-state index is 0.680. The van der Waals surface area contributed by atoms with Gasteiger partial charge in [0.25, 0.3) is 0 Å². The smallest absolute Gasteiger partial charge is 0.193 e. The van der Waals surface area contributed by atoms with Crippen LogP contribution in [0, 0.1) is 0 Å². The summed E-state index contributed by atoms with van der Waals surface area (Å²) in [7, 11) is 3.79. The van der Waals surface area contributed by atoms with Gasteiger partial charge in [0.1, 0.15) is 5.82 Å². The van der Waals surface area contributed by atoms with Crippen molar-refractivity contribution in [2.45, 2.75) is 13.1 Å². The molecule has 1 fully saturated rings.